The van der Waals surface area contributed by atoms with E-state index in [1.807, 2.05) is 24.3 Å². The van der Waals surface area contributed by atoms with Crippen molar-refractivity contribution in [2.75, 3.05) is 13.1 Å². The first-order valence-electron chi connectivity index (χ1n) is 7.88. The second kappa shape index (κ2) is 8.02. The van der Waals surface area contributed by atoms with Gasteiger partial charge < -0.3 is 10.0 Å². The van der Waals surface area contributed by atoms with Crippen LogP contribution in [-0.4, -0.2) is 29.1 Å². The van der Waals surface area contributed by atoms with Crippen LogP contribution in [0.4, 0.5) is 0 Å². The maximum atomic E-state index is 10.3. The summed E-state index contributed by atoms with van der Waals surface area (Å²) in [6.45, 7) is 4.27. The summed E-state index contributed by atoms with van der Waals surface area (Å²) in [6, 6.07) is 8.29. The molecule has 1 fully saturated rings. The fourth-order valence-corrected chi connectivity index (χ4v) is 3.41. The number of hydrogen-bond donors (Lipinski definition) is 1. The monoisotopic (exact) mass is 295 g/mol. The average molecular weight is 296 g/mol. The second-order valence-corrected chi connectivity index (χ2v) is 6.22. The minimum absolute atomic E-state index is 0.411. The van der Waals surface area contributed by atoms with E-state index in [2.05, 4.69) is 11.8 Å². The van der Waals surface area contributed by atoms with Crippen molar-refractivity contribution in [3.63, 3.8) is 0 Å². The van der Waals surface area contributed by atoms with Crippen molar-refractivity contribution in [2.24, 2.45) is 0 Å². The molecule has 1 atom stereocenters. The maximum absolute atomic E-state index is 10.3. The molecule has 2 nitrogen and oxygen atoms in total. The molecule has 2 rings (SSSR count). The fourth-order valence-electron chi connectivity index (χ4n) is 3.21. The Morgan fingerprint density at radius 3 is 2.70 bits per heavy atom. The molecule has 0 spiro atoms. The molecule has 0 aromatic heterocycles. The van der Waals surface area contributed by atoms with E-state index in [1.165, 1.54) is 32.1 Å². The molecule has 0 saturated heterocycles. The van der Waals surface area contributed by atoms with Gasteiger partial charge in [-0.15, -0.1) is 0 Å². The van der Waals surface area contributed by atoms with E-state index in [-0.39, 0.29) is 0 Å². The molecule has 0 heterocycles. The summed E-state index contributed by atoms with van der Waals surface area (Å²) in [4.78, 5) is 2.53. The molecular weight excluding hydrogens is 270 g/mol. The van der Waals surface area contributed by atoms with Crippen LogP contribution in [0.2, 0.25) is 5.02 Å². The van der Waals surface area contributed by atoms with Crippen LogP contribution < -0.4 is 0 Å². The normalized spacial score (nSPS) is 18.4. The molecule has 0 amide bonds. The molecule has 3 heteroatoms. The molecule has 1 aromatic carbocycles. The first-order valence-corrected chi connectivity index (χ1v) is 8.26. The minimum atomic E-state index is -0.411. The molecule has 1 unspecified atom stereocenters. The largest absolute Gasteiger partial charge is 0.388 e. The van der Waals surface area contributed by atoms with E-state index in [0.717, 1.165) is 31.1 Å². The number of rotatable bonds is 6. The summed E-state index contributed by atoms with van der Waals surface area (Å²) in [5, 5.41) is 11.0. The van der Waals surface area contributed by atoms with Crippen molar-refractivity contribution >= 4 is 11.6 Å². The lowest BCUT2D eigenvalue weighted by molar-refractivity contribution is 0.112. The lowest BCUT2D eigenvalue weighted by Gasteiger charge is -2.34. The topological polar surface area (TPSA) is 23.5 Å². The van der Waals surface area contributed by atoms with Crippen LogP contribution in [-0.2, 0) is 0 Å². The van der Waals surface area contributed by atoms with Gasteiger partial charge in [0.05, 0.1) is 6.10 Å². The van der Waals surface area contributed by atoms with Crippen molar-refractivity contribution in [1.29, 1.82) is 0 Å². The molecule has 1 aromatic rings. The van der Waals surface area contributed by atoms with Gasteiger partial charge in [0.2, 0.25) is 0 Å². The highest BCUT2D eigenvalue weighted by Crippen LogP contribution is 2.25. The molecule has 1 aliphatic carbocycles. The molecule has 20 heavy (non-hydrogen) atoms. The summed E-state index contributed by atoms with van der Waals surface area (Å²) in [5.74, 6) is 0. The van der Waals surface area contributed by atoms with Crippen LogP contribution in [0.3, 0.4) is 0 Å². The van der Waals surface area contributed by atoms with Gasteiger partial charge in [-0.2, -0.15) is 0 Å². The third-order valence-electron chi connectivity index (χ3n) is 4.42. The van der Waals surface area contributed by atoms with Crippen molar-refractivity contribution in [2.45, 2.75) is 57.6 Å². The Bertz CT molecular complexity index is 404. The van der Waals surface area contributed by atoms with Gasteiger partial charge in [-0.05, 0) is 43.5 Å². The molecule has 1 saturated carbocycles. The van der Waals surface area contributed by atoms with E-state index in [9.17, 15) is 5.11 Å². The molecule has 1 aliphatic rings. The standard InChI is InChI=1S/C17H26ClNO/c1-2-19(16-9-4-3-5-10-16)12-11-17(20)14-7-6-8-15(18)13-14/h6-8,13,16-17,20H,2-5,9-12H2,1H3. The summed E-state index contributed by atoms with van der Waals surface area (Å²) in [6.07, 6.45) is 7.12. The summed E-state index contributed by atoms with van der Waals surface area (Å²) >= 11 is 5.98. The molecule has 0 bridgehead atoms. The van der Waals surface area contributed by atoms with Gasteiger partial charge in [-0.3, -0.25) is 0 Å². The number of benzene rings is 1. The van der Waals surface area contributed by atoms with Gasteiger partial charge in [-0.25, -0.2) is 0 Å². The van der Waals surface area contributed by atoms with Crippen LogP contribution in [0.1, 0.15) is 57.1 Å². The van der Waals surface area contributed by atoms with E-state index >= 15 is 0 Å². The van der Waals surface area contributed by atoms with Gasteiger partial charge in [-0.1, -0.05) is 49.9 Å². The predicted molar refractivity (Wildman–Crippen MR) is 85.1 cm³/mol. The first kappa shape index (κ1) is 15.8. The number of hydrogen-bond acceptors (Lipinski definition) is 2. The van der Waals surface area contributed by atoms with Crippen molar-refractivity contribution < 1.29 is 5.11 Å². The average Bonchev–Trinajstić information content (AvgIpc) is 2.49. The molecular formula is C17H26ClNO. The zero-order valence-corrected chi connectivity index (χ0v) is 13.1. The summed E-state index contributed by atoms with van der Waals surface area (Å²) in [5.41, 5.74) is 0.928. The third-order valence-corrected chi connectivity index (χ3v) is 4.66. The van der Waals surface area contributed by atoms with Gasteiger partial charge in [0.1, 0.15) is 0 Å². The van der Waals surface area contributed by atoms with Crippen molar-refractivity contribution in [3.05, 3.63) is 34.9 Å². The van der Waals surface area contributed by atoms with Crippen molar-refractivity contribution in [1.82, 2.24) is 4.90 Å². The van der Waals surface area contributed by atoms with E-state index in [4.69, 9.17) is 11.6 Å². The predicted octanol–water partition coefficient (Wildman–Crippen LogP) is 4.42. The van der Waals surface area contributed by atoms with Gasteiger partial charge in [0.25, 0.3) is 0 Å². The minimum Gasteiger partial charge on any atom is -0.388 e. The van der Waals surface area contributed by atoms with E-state index in [0.29, 0.717) is 5.02 Å². The lowest BCUT2D eigenvalue weighted by atomic mass is 9.94. The Morgan fingerprint density at radius 2 is 2.05 bits per heavy atom. The highest BCUT2D eigenvalue weighted by molar-refractivity contribution is 6.30. The number of halogens is 1. The second-order valence-electron chi connectivity index (χ2n) is 5.78. The summed E-state index contributed by atoms with van der Waals surface area (Å²) in [7, 11) is 0. The van der Waals surface area contributed by atoms with Crippen LogP contribution in [0.15, 0.2) is 24.3 Å². The Labute approximate surface area is 127 Å². The number of aliphatic hydroxyl groups excluding tert-OH is 1. The van der Waals surface area contributed by atoms with Crippen LogP contribution in [0, 0.1) is 0 Å². The molecule has 0 radical (unpaired) electrons. The quantitative estimate of drug-likeness (QED) is 0.840. The SMILES string of the molecule is CCN(CCC(O)c1cccc(Cl)c1)C1CCCCC1. The number of nitrogens with zero attached hydrogens (tertiary/aromatic N) is 1. The molecule has 1 N–H and O–H groups in total. The Kier molecular flexibility index (Phi) is 6.34. The lowest BCUT2D eigenvalue weighted by Crippen LogP contribution is -2.37. The third kappa shape index (κ3) is 4.47. The van der Waals surface area contributed by atoms with E-state index in [1.54, 1.807) is 0 Å². The van der Waals surface area contributed by atoms with Gasteiger partial charge >= 0.3 is 0 Å². The van der Waals surface area contributed by atoms with E-state index < -0.39 is 6.10 Å². The van der Waals surface area contributed by atoms with Gasteiger partial charge in [0.15, 0.2) is 0 Å². The van der Waals surface area contributed by atoms with Crippen LogP contribution >= 0.6 is 11.6 Å². The Balaban J connectivity index is 1.85. The zero-order valence-electron chi connectivity index (χ0n) is 12.4. The summed E-state index contributed by atoms with van der Waals surface area (Å²) < 4.78 is 0. The maximum Gasteiger partial charge on any atom is 0.0802 e. The number of aliphatic hydroxyl groups is 1. The van der Waals surface area contributed by atoms with Crippen LogP contribution in [0.5, 0.6) is 0 Å². The van der Waals surface area contributed by atoms with Gasteiger partial charge in [0, 0.05) is 17.6 Å². The Morgan fingerprint density at radius 1 is 1.30 bits per heavy atom. The smallest absolute Gasteiger partial charge is 0.0802 e. The highest BCUT2D eigenvalue weighted by Gasteiger charge is 2.20. The first-order chi connectivity index (χ1) is 9.70. The fraction of sp³-hybridized carbons (Fsp3) is 0.647. The zero-order chi connectivity index (χ0) is 14.4. The highest BCUT2D eigenvalue weighted by atomic mass is 35.5. The van der Waals surface area contributed by atoms with Crippen molar-refractivity contribution in [3.8, 4) is 0 Å². The molecule has 0 aliphatic heterocycles. The Hall–Kier alpha value is -0.570. The molecule has 112 valence electrons. The van der Waals surface area contributed by atoms with Crippen LogP contribution in [0.25, 0.3) is 0 Å².